The number of hydrogen-bond acceptors (Lipinski definition) is 3. The van der Waals surface area contributed by atoms with Crippen molar-refractivity contribution in [1.29, 1.82) is 0 Å². The van der Waals surface area contributed by atoms with Crippen LogP contribution in [0.2, 0.25) is 0 Å². The molecule has 0 unspecified atom stereocenters. The van der Waals surface area contributed by atoms with Gasteiger partial charge in [0.25, 0.3) is 5.91 Å². The minimum Gasteiger partial charge on any atom is -0.339 e. The minimum absolute atomic E-state index is 0. The van der Waals surface area contributed by atoms with E-state index in [2.05, 4.69) is 10.6 Å². The third kappa shape index (κ3) is 3.37. The Labute approximate surface area is 152 Å². The number of halogens is 2. The van der Waals surface area contributed by atoms with Crippen molar-refractivity contribution < 1.29 is 14.0 Å². The third-order valence-electron chi connectivity index (χ3n) is 5.76. The molecule has 2 amide bonds. The van der Waals surface area contributed by atoms with Crippen LogP contribution in [0.15, 0.2) is 12.1 Å². The summed E-state index contributed by atoms with van der Waals surface area (Å²) in [5.41, 5.74) is 1.79. The lowest BCUT2D eigenvalue weighted by Gasteiger charge is -2.39. The van der Waals surface area contributed by atoms with Crippen LogP contribution in [-0.2, 0) is 11.2 Å². The van der Waals surface area contributed by atoms with Crippen molar-refractivity contribution in [1.82, 2.24) is 10.2 Å². The number of amides is 2. The summed E-state index contributed by atoms with van der Waals surface area (Å²) in [4.78, 5) is 25.9. The summed E-state index contributed by atoms with van der Waals surface area (Å²) in [5, 5.41) is 6.08. The zero-order chi connectivity index (χ0) is 16.7. The number of anilines is 1. The maximum atomic E-state index is 14.4. The number of carbonyl (C=O) groups excluding carboxylic acids is 2. The van der Waals surface area contributed by atoms with Crippen LogP contribution < -0.4 is 10.6 Å². The average Bonchev–Trinajstić information content (AvgIpc) is 3.02. The first-order valence-corrected chi connectivity index (χ1v) is 8.69. The zero-order valence-electron chi connectivity index (χ0n) is 14.1. The molecule has 0 bridgehead atoms. The lowest BCUT2D eigenvalue weighted by molar-refractivity contribution is -0.116. The second kappa shape index (κ2) is 6.92. The lowest BCUT2D eigenvalue weighted by Crippen LogP contribution is -2.44. The van der Waals surface area contributed by atoms with Gasteiger partial charge in [-0.1, -0.05) is 0 Å². The van der Waals surface area contributed by atoms with Crippen LogP contribution in [0.1, 0.15) is 41.6 Å². The van der Waals surface area contributed by atoms with Crippen molar-refractivity contribution >= 4 is 29.9 Å². The molecule has 3 aliphatic heterocycles. The molecule has 1 spiro atoms. The number of nitrogens with zero attached hydrogens (tertiary/aromatic N) is 1. The molecule has 1 aromatic carbocycles. The van der Waals surface area contributed by atoms with E-state index in [-0.39, 0.29) is 29.8 Å². The number of carbonyl (C=O) groups is 2. The summed E-state index contributed by atoms with van der Waals surface area (Å²) in [7, 11) is 0. The second-order valence-corrected chi connectivity index (χ2v) is 7.26. The van der Waals surface area contributed by atoms with Gasteiger partial charge in [0.2, 0.25) is 5.91 Å². The van der Waals surface area contributed by atoms with Crippen molar-refractivity contribution in [3.8, 4) is 0 Å². The molecule has 3 heterocycles. The van der Waals surface area contributed by atoms with Crippen molar-refractivity contribution in [2.45, 2.75) is 32.1 Å². The molecule has 2 N–H and O–H groups in total. The van der Waals surface area contributed by atoms with E-state index in [0.29, 0.717) is 37.0 Å². The number of fused-ring (bicyclic) bond motifs is 1. The predicted molar refractivity (Wildman–Crippen MR) is 95.7 cm³/mol. The van der Waals surface area contributed by atoms with E-state index in [1.54, 1.807) is 11.0 Å². The van der Waals surface area contributed by atoms with Crippen LogP contribution in [0, 0.1) is 11.2 Å². The first-order valence-electron chi connectivity index (χ1n) is 8.69. The van der Waals surface area contributed by atoms with Crippen LogP contribution in [0.25, 0.3) is 0 Å². The Kier molecular flexibility index (Phi) is 5.02. The highest BCUT2D eigenvalue weighted by Gasteiger charge is 2.38. The summed E-state index contributed by atoms with van der Waals surface area (Å²) in [6, 6.07) is 2.90. The predicted octanol–water partition coefficient (Wildman–Crippen LogP) is 2.35. The van der Waals surface area contributed by atoms with Gasteiger partial charge in [-0.3, -0.25) is 9.59 Å². The molecule has 0 radical (unpaired) electrons. The first kappa shape index (κ1) is 18.1. The minimum atomic E-state index is -0.552. The number of rotatable bonds is 1. The van der Waals surface area contributed by atoms with Crippen LogP contribution in [0.4, 0.5) is 10.1 Å². The van der Waals surface area contributed by atoms with E-state index in [0.717, 1.165) is 31.5 Å². The van der Waals surface area contributed by atoms with Gasteiger partial charge >= 0.3 is 0 Å². The van der Waals surface area contributed by atoms with Crippen LogP contribution >= 0.6 is 12.4 Å². The number of aryl methyl sites for hydroxylation is 1. The summed E-state index contributed by atoms with van der Waals surface area (Å²) in [6.45, 7) is 3.46. The standard InChI is InChI=1S/C18H22FN3O2.ClH/c19-14-10-15-12(1-2-16(23)21-15)9-13(14)17(24)22-7-4-18(5-8-22)3-6-20-11-18;/h9-10,20H,1-8,11H2,(H,21,23);1H. The molecular weight excluding hydrogens is 345 g/mol. The van der Waals surface area contributed by atoms with Gasteiger partial charge in [-0.05, 0) is 55.3 Å². The molecule has 3 aliphatic rings. The number of nitrogens with one attached hydrogen (secondary N) is 2. The Morgan fingerprint density at radius 2 is 1.92 bits per heavy atom. The Morgan fingerprint density at radius 1 is 1.16 bits per heavy atom. The highest BCUT2D eigenvalue weighted by molar-refractivity contribution is 5.98. The fourth-order valence-corrected chi connectivity index (χ4v) is 4.14. The smallest absolute Gasteiger partial charge is 0.256 e. The Hall–Kier alpha value is -1.66. The summed E-state index contributed by atoms with van der Waals surface area (Å²) in [6.07, 6.45) is 4.06. The van der Waals surface area contributed by atoms with Crippen molar-refractivity contribution in [3.05, 3.63) is 29.1 Å². The van der Waals surface area contributed by atoms with Gasteiger partial charge in [-0.15, -0.1) is 12.4 Å². The Bertz CT molecular complexity index is 694. The van der Waals surface area contributed by atoms with Gasteiger partial charge in [0.05, 0.1) is 5.56 Å². The molecule has 2 fully saturated rings. The Morgan fingerprint density at radius 3 is 2.60 bits per heavy atom. The van der Waals surface area contributed by atoms with Gasteiger partial charge in [-0.2, -0.15) is 0 Å². The quantitative estimate of drug-likeness (QED) is 0.801. The molecular formula is C18H23ClFN3O2. The summed E-state index contributed by atoms with van der Waals surface area (Å²) < 4.78 is 14.4. The highest BCUT2D eigenvalue weighted by atomic mass is 35.5. The van der Waals surface area contributed by atoms with Gasteiger partial charge in [0.15, 0.2) is 0 Å². The third-order valence-corrected chi connectivity index (χ3v) is 5.76. The number of piperidine rings is 1. The average molecular weight is 368 g/mol. The van der Waals surface area contributed by atoms with Crippen LogP contribution in [-0.4, -0.2) is 42.9 Å². The molecule has 136 valence electrons. The molecule has 7 heteroatoms. The molecule has 1 aromatic rings. The van der Waals surface area contributed by atoms with Gasteiger partial charge in [-0.25, -0.2) is 4.39 Å². The second-order valence-electron chi connectivity index (χ2n) is 7.26. The van der Waals surface area contributed by atoms with Gasteiger partial charge in [0, 0.05) is 31.7 Å². The number of likely N-dealkylation sites (tertiary alicyclic amines) is 1. The maximum Gasteiger partial charge on any atom is 0.256 e. The molecule has 0 aromatic heterocycles. The number of benzene rings is 1. The molecule has 0 aliphatic carbocycles. The number of hydrogen-bond donors (Lipinski definition) is 2. The molecule has 0 saturated carbocycles. The zero-order valence-corrected chi connectivity index (χ0v) is 14.9. The molecule has 5 nitrogen and oxygen atoms in total. The lowest BCUT2D eigenvalue weighted by atomic mass is 9.77. The fraction of sp³-hybridized carbons (Fsp3) is 0.556. The van der Waals surface area contributed by atoms with E-state index in [4.69, 9.17) is 0 Å². The van der Waals surface area contributed by atoms with E-state index >= 15 is 0 Å². The topological polar surface area (TPSA) is 61.4 Å². The molecule has 25 heavy (non-hydrogen) atoms. The van der Waals surface area contributed by atoms with E-state index in [1.165, 1.54) is 12.5 Å². The first-order chi connectivity index (χ1) is 11.6. The SMILES string of the molecule is Cl.O=C1CCc2cc(C(=O)N3CCC4(CCNC4)CC3)c(F)cc2N1. The monoisotopic (exact) mass is 367 g/mol. The van der Waals surface area contributed by atoms with Gasteiger partial charge in [0.1, 0.15) is 5.82 Å². The molecule has 2 saturated heterocycles. The maximum absolute atomic E-state index is 14.4. The van der Waals surface area contributed by atoms with E-state index in [9.17, 15) is 14.0 Å². The Balaban J connectivity index is 0.00000182. The van der Waals surface area contributed by atoms with Crippen LogP contribution in [0.3, 0.4) is 0 Å². The normalized spacial score (nSPS) is 21.5. The molecule has 0 atom stereocenters. The van der Waals surface area contributed by atoms with Gasteiger partial charge < -0.3 is 15.5 Å². The largest absolute Gasteiger partial charge is 0.339 e. The molecule has 4 rings (SSSR count). The summed E-state index contributed by atoms with van der Waals surface area (Å²) in [5.74, 6) is -0.885. The van der Waals surface area contributed by atoms with Crippen molar-refractivity contribution in [2.75, 3.05) is 31.5 Å². The van der Waals surface area contributed by atoms with Crippen molar-refractivity contribution in [2.24, 2.45) is 5.41 Å². The van der Waals surface area contributed by atoms with Crippen LogP contribution in [0.5, 0.6) is 0 Å². The van der Waals surface area contributed by atoms with E-state index < -0.39 is 5.82 Å². The van der Waals surface area contributed by atoms with E-state index in [1.807, 2.05) is 0 Å². The highest BCUT2D eigenvalue weighted by Crippen LogP contribution is 2.37. The van der Waals surface area contributed by atoms with Crippen molar-refractivity contribution in [3.63, 3.8) is 0 Å². The fourth-order valence-electron chi connectivity index (χ4n) is 4.14. The summed E-state index contributed by atoms with van der Waals surface area (Å²) >= 11 is 0.